The Bertz CT molecular complexity index is 512. The van der Waals surface area contributed by atoms with Gasteiger partial charge in [0.15, 0.2) is 0 Å². The van der Waals surface area contributed by atoms with E-state index in [-0.39, 0.29) is 0 Å². The summed E-state index contributed by atoms with van der Waals surface area (Å²) < 4.78 is 19.2. The molecule has 21 heavy (non-hydrogen) atoms. The van der Waals surface area contributed by atoms with Gasteiger partial charge in [-0.1, -0.05) is 0 Å². The van der Waals surface area contributed by atoms with Crippen molar-refractivity contribution in [2.24, 2.45) is 0 Å². The number of aliphatic hydroxyl groups excluding tert-OH is 1. The van der Waals surface area contributed by atoms with Crippen molar-refractivity contribution >= 4 is 5.69 Å². The van der Waals surface area contributed by atoms with Crippen LogP contribution in [0.1, 0.15) is 5.56 Å². The highest BCUT2D eigenvalue weighted by Crippen LogP contribution is 2.19. The Morgan fingerprint density at radius 3 is 2.81 bits per heavy atom. The summed E-state index contributed by atoms with van der Waals surface area (Å²) in [5.41, 5.74) is 0.675. The van der Waals surface area contributed by atoms with Crippen LogP contribution < -0.4 is 4.90 Å². The molecule has 2 rings (SSSR count). The van der Waals surface area contributed by atoms with E-state index in [0.29, 0.717) is 37.6 Å². The van der Waals surface area contributed by atoms with Gasteiger partial charge < -0.3 is 14.7 Å². The number of halogens is 1. The lowest BCUT2D eigenvalue weighted by Gasteiger charge is -2.30. The molecule has 1 unspecified atom stereocenters. The van der Waals surface area contributed by atoms with E-state index in [0.717, 1.165) is 13.1 Å². The molecular formula is C15H20FN3O2. The van der Waals surface area contributed by atoms with Gasteiger partial charge in [-0.25, -0.2) is 4.39 Å². The second kappa shape index (κ2) is 7.36. The standard InChI is InChI=1S/C15H20FN3O2/c1-18(15-3-2-12(9-17)8-14(15)16)10-13(20)11-19-4-6-21-7-5-19/h2-3,8,13,20H,4-7,10-11H2,1H3. The molecule has 0 spiro atoms. The molecule has 0 bridgehead atoms. The first-order chi connectivity index (χ1) is 10.1. The van der Waals surface area contributed by atoms with Gasteiger partial charge in [0, 0.05) is 33.2 Å². The van der Waals surface area contributed by atoms with Gasteiger partial charge in [0.25, 0.3) is 0 Å². The molecule has 1 aliphatic heterocycles. The molecule has 1 aliphatic rings. The number of anilines is 1. The molecular weight excluding hydrogens is 273 g/mol. The average Bonchev–Trinajstić information content (AvgIpc) is 2.47. The number of nitriles is 1. The molecule has 1 saturated heterocycles. The summed E-state index contributed by atoms with van der Waals surface area (Å²) in [7, 11) is 1.73. The summed E-state index contributed by atoms with van der Waals surface area (Å²) in [6.07, 6.45) is -0.567. The van der Waals surface area contributed by atoms with Gasteiger partial charge in [-0.05, 0) is 18.2 Å². The number of rotatable bonds is 5. The first kappa shape index (κ1) is 15.7. The van der Waals surface area contributed by atoms with E-state index in [4.69, 9.17) is 10.00 Å². The first-order valence-electron chi connectivity index (χ1n) is 6.99. The van der Waals surface area contributed by atoms with Crippen LogP contribution in [-0.2, 0) is 4.74 Å². The Morgan fingerprint density at radius 1 is 1.48 bits per heavy atom. The third-order valence-electron chi connectivity index (χ3n) is 3.55. The van der Waals surface area contributed by atoms with Crippen LogP contribution in [0.5, 0.6) is 0 Å². The Labute approximate surface area is 124 Å². The van der Waals surface area contributed by atoms with E-state index in [2.05, 4.69) is 4.90 Å². The normalized spacial score (nSPS) is 17.2. The van der Waals surface area contributed by atoms with E-state index in [1.54, 1.807) is 24.1 Å². The maximum Gasteiger partial charge on any atom is 0.147 e. The van der Waals surface area contributed by atoms with Gasteiger partial charge in [-0.3, -0.25) is 4.90 Å². The summed E-state index contributed by atoms with van der Waals surface area (Å²) in [5.74, 6) is -0.449. The minimum atomic E-state index is -0.567. The summed E-state index contributed by atoms with van der Waals surface area (Å²) in [6, 6.07) is 6.25. The largest absolute Gasteiger partial charge is 0.390 e. The van der Waals surface area contributed by atoms with Crippen molar-refractivity contribution in [2.75, 3.05) is 51.3 Å². The number of aliphatic hydroxyl groups is 1. The zero-order valence-corrected chi connectivity index (χ0v) is 12.1. The predicted molar refractivity (Wildman–Crippen MR) is 77.7 cm³/mol. The SMILES string of the molecule is CN(CC(O)CN1CCOCC1)c1ccc(C#N)cc1F. The second-order valence-electron chi connectivity index (χ2n) is 5.23. The van der Waals surface area contributed by atoms with Crippen molar-refractivity contribution in [3.8, 4) is 6.07 Å². The lowest BCUT2D eigenvalue weighted by atomic mass is 10.2. The van der Waals surface area contributed by atoms with Crippen molar-refractivity contribution in [3.05, 3.63) is 29.6 Å². The highest BCUT2D eigenvalue weighted by Gasteiger charge is 2.17. The molecule has 1 heterocycles. The van der Waals surface area contributed by atoms with Crippen molar-refractivity contribution in [3.63, 3.8) is 0 Å². The number of morpholine rings is 1. The van der Waals surface area contributed by atoms with Crippen LogP contribution in [0.4, 0.5) is 10.1 Å². The summed E-state index contributed by atoms with van der Waals surface area (Å²) in [5, 5.41) is 18.9. The van der Waals surface area contributed by atoms with Crippen LogP contribution in [0, 0.1) is 17.1 Å². The molecule has 0 radical (unpaired) electrons. The molecule has 0 saturated carbocycles. The summed E-state index contributed by atoms with van der Waals surface area (Å²) in [6.45, 7) is 3.88. The van der Waals surface area contributed by atoms with E-state index in [1.807, 2.05) is 6.07 Å². The van der Waals surface area contributed by atoms with Crippen LogP contribution in [0.2, 0.25) is 0 Å². The van der Waals surface area contributed by atoms with Crippen LogP contribution >= 0.6 is 0 Å². The van der Waals surface area contributed by atoms with Gasteiger partial charge >= 0.3 is 0 Å². The molecule has 1 N–H and O–H groups in total. The zero-order chi connectivity index (χ0) is 15.2. The fraction of sp³-hybridized carbons (Fsp3) is 0.533. The molecule has 0 aromatic heterocycles. The number of ether oxygens (including phenoxy) is 1. The monoisotopic (exact) mass is 293 g/mol. The lowest BCUT2D eigenvalue weighted by Crippen LogP contribution is -2.44. The van der Waals surface area contributed by atoms with Gasteiger partial charge in [-0.15, -0.1) is 0 Å². The van der Waals surface area contributed by atoms with Crippen molar-refractivity contribution < 1.29 is 14.2 Å². The number of likely N-dealkylation sites (N-methyl/N-ethyl adjacent to an activating group) is 1. The Hall–Kier alpha value is -1.68. The maximum atomic E-state index is 13.9. The Morgan fingerprint density at radius 2 is 2.19 bits per heavy atom. The number of hydrogen-bond donors (Lipinski definition) is 1. The minimum Gasteiger partial charge on any atom is -0.390 e. The van der Waals surface area contributed by atoms with Gasteiger partial charge in [0.05, 0.1) is 36.6 Å². The molecule has 5 nitrogen and oxygen atoms in total. The fourth-order valence-corrected chi connectivity index (χ4v) is 2.44. The lowest BCUT2D eigenvalue weighted by molar-refractivity contribution is 0.0162. The van der Waals surface area contributed by atoms with Crippen molar-refractivity contribution in [2.45, 2.75) is 6.10 Å². The topological polar surface area (TPSA) is 59.7 Å². The van der Waals surface area contributed by atoms with Crippen LogP contribution in [0.3, 0.4) is 0 Å². The van der Waals surface area contributed by atoms with Crippen LogP contribution in [-0.4, -0.2) is 62.6 Å². The second-order valence-corrected chi connectivity index (χ2v) is 5.23. The molecule has 0 amide bonds. The predicted octanol–water partition coefficient (Wildman–Crippen LogP) is 0.827. The minimum absolute atomic E-state index is 0.290. The fourth-order valence-electron chi connectivity index (χ4n) is 2.44. The highest BCUT2D eigenvalue weighted by molar-refractivity contribution is 5.50. The number of β-amino-alcohol motifs (C(OH)–C–C–N with tert-alkyl or cyclic N) is 1. The smallest absolute Gasteiger partial charge is 0.147 e. The first-order valence-corrected chi connectivity index (χ1v) is 6.99. The van der Waals surface area contributed by atoms with Gasteiger partial charge in [0.1, 0.15) is 5.82 Å². The maximum absolute atomic E-state index is 13.9. The van der Waals surface area contributed by atoms with E-state index in [9.17, 15) is 9.50 Å². The molecule has 114 valence electrons. The molecule has 1 aromatic carbocycles. The third-order valence-corrected chi connectivity index (χ3v) is 3.55. The van der Waals surface area contributed by atoms with Crippen molar-refractivity contribution in [1.82, 2.24) is 4.90 Å². The van der Waals surface area contributed by atoms with Crippen LogP contribution in [0.15, 0.2) is 18.2 Å². The van der Waals surface area contributed by atoms with Crippen molar-refractivity contribution in [1.29, 1.82) is 5.26 Å². The highest BCUT2D eigenvalue weighted by atomic mass is 19.1. The quantitative estimate of drug-likeness (QED) is 0.871. The number of nitrogens with zero attached hydrogens (tertiary/aromatic N) is 3. The van der Waals surface area contributed by atoms with Gasteiger partial charge in [-0.2, -0.15) is 5.26 Å². The third kappa shape index (κ3) is 4.39. The average molecular weight is 293 g/mol. The molecule has 0 aliphatic carbocycles. The molecule has 1 aromatic rings. The molecule has 1 atom stereocenters. The molecule has 1 fully saturated rings. The summed E-state index contributed by atoms with van der Waals surface area (Å²) >= 11 is 0. The Balaban J connectivity index is 1.91. The molecule has 6 heteroatoms. The number of benzene rings is 1. The van der Waals surface area contributed by atoms with Crippen LogP contribution in [0.25, 0.3) is 0 Å². The Kier molecular flexibility index (Phi) is 5.51. The number of hydrogen-bond acceptors (Lipinski definition) is 5. The van der Waals surface area contributed by atoms with Gasteiger partial charge in [0.2, 0.25) is 0 Å². The zero-order valence-electron chi connectivity index (χ0n) is 12.1. The van der Waals surface area contributed by atoms with E-state index < -0.39 is 11.9 Å². The van der Waals surface area contributed by atoms with E-state index in [1.165, 1.54) is 6.07 Å². The van der Waals surface area contributed by atoms with E-state index >= 15 is 0 Å². The summed E-state index contributed by atoms with van der Waals surface area (Å²) in [4.78, 5) is 3.80.